The molecule has 2 aliphatic heterocycles. The van der Waals surface area contributed by atoms with Gasteiger partial charge in [0.1, 0.15) is 11.8 Å². The van der Waals surface area contributed by atoms with Gasteiger partial charge in [-0.3, -0.25) is 23.7 Å². The molecule has 3 heterocycles. The zero-order chi connectivity index (χ0) is 28.1. The van der Waals surface area contributed by atoms with Crippen LogP contribution in [-0.2, 0) is 20.9 Å². The van der Waals surface area contributed by atoms with Crippen molar-refractivity contribution in [2.24, 2.45) is 5.92 Å². The molecule has 202 valence electrons. The number of anilines is 2. The summed E-state index contributed by atoms with van der Waals surface area (Å²) >= 11 is 5.78. The second kappa shape index (κ2) is 10.5. The van der Waals surface area contributed by atoms with Crippen LogP contribution in [0.4, 0.5) is 11.4 Å². The number of thioether (sulfide) groups is 1. The lowest BCUT2D eigenvalue weighted by atomic mass is 9.83. The number of hydrogen-bond donors (Lipinski definition) is 1. The van der Waals surface area contributed by atoms with Crippen molar-refractivity contribution in [3.05, 3.63) is 109 Å². The maximum atomic E-state index is 13.9. The molecule has 2 unspecified atom stereocenters. The lowest BCUT2D eigenvalue weighted by Crippen LogP contribution is -2.33. The molecule has 10 heteroatoms. The third-order valence-electron chi connectivity index (χ3n) is 7.19. The van der Waals surface area contributed by atoms with Crippen molar-refractivity contribution >= 4 is 68.1 Å². The summed E-state index contributed by atoms with van der Waals surface area (Å²) in [4.78, 5) is 55.7. The Labute approximate surface area is 247 Å². The van der Waals surface area contributed by atoms with Crippen molar-refractivity contribution in [3.8, 4) is 0 Å². The normalized spacial score (nSPS) is 19.9. The highest BCUT2D eigenvalue weighted by molar-refractivity contribution is 9.10. The van der Waals surface area contributed by atoms with Crippen molar-refractivity contribution in [3.63, 3.8) is 0 Å². The van der Waals surface area contributed by atoms with E-state index in [1.54, 1.807) is 12.1 Å². The molecule has 1 fully saturated rings. The molecule has 7 nitrogen and oxygen atoms in total. The van der Waals surface area contributed by atoms with Crippen LogP contribution in [0, 0.1) is 19.8 Å². The van der Waals surface area contributed by atoms with Gasteiger partial charge in [-0.2, -0.15) is 0 Å². The highest BCUT2D eigenvalue weighted by Crippen LogP contribution is 2.54. The first-order chi connectivity index (χ1) is 19.2. The van der Waals surface area contributed by atoms with Gasteiger partial charge in [0.2, 0.25) is 17.7 Å². The molecule has 0 spiro atoms. The summed E-state index contributed by atoms with van der Waals surface area (Å²) < 4.78 is 2.26. The molecule has 3 amide bonds. The molecule has 0 aliphatic carbocycles. The Morgan fingerprint density at radius 2 is 1.60 bits per heavy atom. The number of thiazole rings is 1. The molecule has 1 saturated heterocycles. The minimum atomic E-state index is -0.731. The number of rotatable bonds is 5. The molecule has 1 N–H and O–H groups in total. The van der Waals surface area contributed by atoms with Crippen molar-refractivity contribution in [1.82, 2.24) is 4.57 Å². The summed E-state index contributed by atoms with van der Waals surface area (Å²) in [6.07, 6.45) is 0. The maximum absolute atomic E-state index is 13.9. The fourth-order valence-corrected chi connectivity index (χ4v) is 8.43. The number of benzene rings is 3. The average Bonchev–Trinajstić information content (AvgIpc) is 3.36. The lowest BCUT2D eigenvalue weighted by Gasteiger charge is -2.30. The van der Waals surface area contributed by atoms with Gasteiger partial charge in [0, 0.05) is 21.0 Å². The summed E-state index contributed by atoms with van der Waals surface area (Å²) in [6.45, 7) is 3.71. The molecule has 0 radical (unpaired) electrons. The van der Waals surface area contributed by atoms with Crippen LogP contribution in [0.25, 0.3) is 0 Å². The van der Waals surface area contributed by atoms with Crippen LogP contribution in [0.1, 0.15) is 27.5 Å². The molecule has 4 aromatic rings. The van der Waals surface area contributed by atoms with Gasteiger partial charge in [-0.15, -0.1) is 0 Å². The molecular weight excluding hydrogens is 610 g/mol. The maximum Gasteiger partial charge on any atom is 0.308 e. The monoisotopic (exact) mass is 633 g/mol. The first-order valence-electron chi connectivity index (χ1n) is 12.7. The molecule has 6 rings (SSSR count). The number of carbonyl (C=O) groups excluding carboxylic acids is 3. The van der Waals surface area contributed by atoms with Gasteiger partial charge in [0.25, 0.3) is 0 Å². The molecule has 0 bridgehead atoms. The number of carbonyl (C=O) groups is 3. The summed E-state index contributed by atoms with van der Waals surface area (Å²) in [7, 11) is 0. The SMILES string of the molecule is Cc1ccc(NC(=O)Cn2c3c(sc2=O)[C@H](c2cccc(Br)c2)C2C(=O)N(c4ccc(C)cc4)C(=O)C2S3)cc1. The van der Waals surface area contributed by atoms with Crippen LogP contribution < -0.4 is 15.1 Å². The lowest BCUT2D eigenvalue weighted by molar-refractivity contribution is -0.122. The van der Waals surface area contributed by atoms with Crippen LogP contribution in [0.2, 0.25) is 0 Å². The van der Waals surface area contributed by atoms with Gasteiger partial charge < -0.3 is 5.32 Å². The van der Waals surface area contributed by atoms with Gasteiger partial charge in [-0.1, -0.05) is 86.6 Å². The van der Waals surface area contributed by atoms with Crippen LogP contribution in [0.5, 0.6) is 0 Å². The summed E-state index contributed by atoms with van der Waals surface area (Å²) in [5, 5.41) is 2.68. The van der Waals surface area contributed by atoms with Crippen molar-refractivity contribution in [1.29, 1.82) is 0 Å². The van der Waals surface area contributed by atoms with E-state index in [-0.39, 0.29) is 29.1 Å². The molecule has 3 atom stereocenters. The first kappa shape index (κ1) is 26.7. The van der Waals surface area contributed by atoms with E-state index in [9.17, 15) is 19.2 Å². The van der Waals surface area contributed by atoms with E-state index >= 15 is 0 Å². The van der Waals surface area contributed by atoms with Gasteiger partial charge in [-0.05, 0) is 55.8 Å². The Balaban J connectivity index is 1.41. The first-order valence-corrected chi connectivity index (χ1v) is 15.2. The number of aromatic nitrogens is 1. The largest absolute Gasteiger partial charge is 0.325 e. The Hall–Kier alpha value is -3.47. The number of nitrogens with zero attached hydrogens (tertiary/aromatic N) is 2. The predicted molar refractivity (Wildman–Crippen MR) is 161 cm³/mol. The van der Waals surface area contributed by atoms with Crippen LogP contribution in [0.3, 0.4) is 0 Å². The van der Waals surface area contributed by atoms with Crippen molar-refractivity contribution in [2.45, 2.75) is 36.6 Å². The van der Waals surface area contributed by atoms with Crippen LogP contribution >= 0.6 is 39.0 Å². The Morgan fingerprint density at radius 1 is 0.925 bits per heavy atom. The molecule has 0 saturated carbocycles. The predicted octanol–water partition coefficient (Wildman–Crippen LogP) is 5.72. The van der Waals surface area contributed by atoms with Gasteiger partial charge >= 0.3 is 4.87 Å². The van der Waals surface area contributed by atoms with E-state index in [0.29, 0.717) is 21.3 Å². The van der Waals surface area contributed by atoms with E-state index in [0.717, 1.165) is 32.5 Å². The Morgan fingerprint density at radius 3 is 2.27 bits per heavy atom. The van der Waals surface area contributed by atoms with E-state index in [4.69, 9.17) is 0 Å². The van der Waals surface area contributed by atoms with Crippen molar-refractivity contribution < 1.29 is 14.4 Å². The number of aryl methyl sites for hydroxylation is 2. The third-order valence-corrected chi connectivity index (χ3v) is 10.3. The summed E-state index contributed by atoms with van der Waals surface area (Å²) in [5.41, 5.74) is 4.09. The van der Waals surface area contributed by atoms with Gasteiger partial charge in [0.05, 0.1) is 16.6 Å². The fourth-order valence-electron chi connectivity index (χ4n) is 5.24. The topological polar surface area (TPSA) is 88.5 Å². The Bertz CT molecular complexity index is 1710. The molecular formula is C30H24BrN3O4S2. The number of imide groups is 1. The van der Waals surface area contributed by atoms with Crippen LogP contribution in [-0.4, -0.2) is 27.5 Å². The molecule has 1 aromatic heterocycles. The zero-order valence-electron chi connectivity index (χ0n) is 21.6. The molecule has 2 aliphatic rings. The number of halogens is 1. The zero-order valence-corrected chi connectivity index (χ0v) is 24.8. The number of hydrogen-bond acceptors (Lipinski definition) is 6. The van der Waals surface area contributed by atoms with E-state index < -0.39 is 17.1 Å². The second-order valence-electron chi connectivity index (χ2n) is 9.98. The van der Waals surface area contributed by atoms with Gasteiger partial charge in [-0.25, -0.2) is 4.90 Å². The number of nitrogens with one attached hydrogen (secondary N) is 1. The fraction of sp³-hybridized carbons (Fsp3) is 0.200. The molecule has 3 aromatic carbocycles. The minimum absolute atomic E-state index is 0.196. The smallest absolute Gasteiger partial charge is 0.308 e. The highest BCUT2D eigenvalue weighted by Gasteiger charge is 2.56. The Kier molecular flexibility index (Phi) is 7.02. The minimum Gasteiger partial charge on any atom is -0.325 e. The quantitative estimate of drug-likeness (QED) is 0.284. The van der Waals surface area contributed by atoms with Crippen molar-refractivity contribution in [2.75, 3.05) is 10.2 Å². The van der Waals surface area contributed by atoms with E-state index in [1.807, 2.05) is 74.5 Å². The summed E-state index contributed by atoms with van der Waals surface area (Å²) in [5.74, 6) is -2.14. The van der Waals surface area contributed by atoms with Crippen LogP contribution in [0.15, 0.2) is 87.1 Å². The standard InChI is InChI=1S/C30H24BrN3O4S2/c1-16-6-10-20(11-7-16)32-22(35)15-33-29-26(40-30(33)38)23(18-4-3-5-19(31)14-18)24-25(39-29)28(37)34(27(24)36)21-12-8-17(2)9-13-21/h3-14,23-25H,15H2,1-2H3,(H,32,35)/t23-,24?,25?/m1/s1. The molecule has 40 heavy (non-hydrogen) atoms. The van der Waals surface area contributed by atoms with Gasteiger partial charge in [0.15, 0.2) is 0 Å². The highest BCUT2D eigenvalue weighted by atomic mass is 79.9. The second-order valence-corrected chi connectivity index (χ2v) is 13.0. The third kappa shape index (κ3) is 4.74. The number of fused-ring (bicyclic) bond motifs is 2. The van der Waals surface area contributed by atoms with E-state index in [1.165, 1.54) is 21.2 Å². The van der Waals surface area contributed by atoms with E-state index in [2.05, 4.69) is 21.2 Å². The average molecular weight is 635 g/mol. The summed E-state index contributed by atoms with van der Waals surface area (Å²) in [6, 6.07) is 22.3. The number of amides is 3.